The summed E-state index contributed by atoms with van der Waals surface area (Å²) in [5.74, 6) is 0.583. The van der Waals surface area contributed by atoms with E-state index >= 15 is 0 Å². The van der Waals surface area contributed by atoms with Crippen LogP contribution in [-0.4, -0.2) is 23.3 Å². The van der Waals surface area contributed by atoms with E-state index in [0.29, 0.717) is 11.3 Å². The first-order chi connectivity index (χ1) is 5.70. The van der Waals surface area contributed by atoms with Crippen molar-refractivity contribution in [2.75, 3.05) is 13.1 Å². The first-order valence-corrected chi connectivity index (χ1v) is 4.40. The highest BCUT2D eigenvalue weighted by Crippen LogP contribution is 2.36. The van der Waals surface area contributed by atoms with Gasteiger partial charge < -0.3 is 5.32 Å². The molecule has 2 rings (SSSR count). The van der Waals surface area contributed by atoms with E-state index in [9.17, 15) is 0 Å². The Balaban J connectivity index is 2.25. The molecule has 0 radical (unpaired) electrons. The van der Waals surface area contributed by atoms with Crippen molar-refractivity contribution >= 4 is 0 Å². The van der Waals surface area contributed by atoms with Crippen molar-refractivity contribution in [1.29, 1.82) is 0 Å². The Bertz CT molecular complexity index is 251. The molecule has 1 aromatic rings. The molecule has 0 amide bonds. The highest BCUT2D eigenvalue weighted by molar-refractivity contribution is 5.13. The Kier molecular flexibility index (Phi) is 1.68. The lowest BCUT2D eigenvalue weighted by Gasteiger charge is -2.24. The van der Waals surface area contributed by atoms with Gasteiger partial charge >= 0.3 is 0 Å². The topological polar surface area (TPSA) is 40.7 Å². The van der Waals surface area contributed by atoms with Crippen LogP contribution >= 0.6 is 0 Å². The van der Waals surface area contributed by atoms with Crippen molar-refractivity contribution in [1.82, 2.24) is 15.5 Å². The van der Waals surface area contributed by atoms with Crippen molar-refractivity contribution in [3.63, 3.8) is 0 Å². The Morgan fingerprint density at radius 3 is 2.92 bits per heavy atom. The van der Waals surface area contributed by atoms with Crippen LogP contribution in [0.5, 0.6) is 0 Å². The molecule has 3 nitrogen and oxygen atoms in total. The molecule has 66 valence electrons. The van der Waals surface area contributed by atoms with E-state index in [1.807, 2.05) is 6.20 Å². The molecule has 2 heterocycles. The van der Waals surface area contributed by atoms with Crippen LogP contribution in [-0.2, 0) is 0 Å². The van der Waals surface area contributed by atoms with E-state index in [1.54, 1.807) is 0 Å². The van der Waals surface area contributed by atoms with Gasteiger partial charge in [-0.1, -0.05) is 13.8 Å². The predicted octanol–water partition coefficient (Wildman–Crippen LogP) is 1.12. The second kappa shape index (κ2) is 2.59. The highest BCUT2D eigenvalue weighted by Gasteiger charge is 2.35. The fraction of sp³-hybridized carbons (Fsp3) is 0.667. The molecule has 1 saturated heterocycles. The number of nitrogens with one attached hydrogen (secondary N) is 2. The first kappa shape index (κ1) is 7.80. The quantitative estimate of drug-likeness (QED) is 0.654. The number of H-pyrrole nitrogens is 1. The maximum Gasteiger partial charge on any atom is 0.0490 e. The number of rotatable bonds is 1. The van der Waals surface area contributed by atoms with E-state index < -0.39 is 0 Å². The van der Waals surface area contributed by atoms with Gasteiger partial charge in [0.2, 0.25) is 0 Å². The van der Waals surface area contributed by atoms with E-state index in [-0.39, 0.29) is 0 Å². The molecular formula is C9H15N3. The van der Waals surface area contributed by atoms with Crippen molar-refractivity contribution in [2.45, 2.75) is 19.8 Å². The zero-order valence-corrected chi connectivity index (χ0v) is 7.59. The monoisotopic (exact) mass is 165 g/mol. The predicted molar refractivity (Wildman–Crippen MR) is 48.0 cm³/mol. The molecule has 0 aliphatic carbocycles. The van der Waals surface area contributed by atoms with E-state index in [2.05, 4.69) is 35.4 Å². The van der Waals surface area contributed by atoms with Crippen LogP contribution in [0.25, 0.3) is 0 Å². The smallest absolute Gasteiger partial charge is 0.0490 e. The SMILES string of the molecule is CC1(C)CNC[C@@H]1c1ccn[nH]1. The summed E-state index contributed by atoms with van der Waals surface area (Å²) < 4.78 is 0. The number of aromatic nitrogens is 2. The second-order valence-corrected chi connectivity index (χ2v) is 4.18. The van der Waals surface area contributed by atoms with Crippen LogP contribution in [0.4, 0.5) is 0 Å². The Labute approximate surface area is 72.6 Å². The molecule has 12 heavy (non-hydrogen) atoms. The van der Waals surface area contributed by atoms with Crippen LogP contribution in [0.15, 0.2) is 12.3 Å². The molecule has 1 aliphatic rings. The van der Waals surface area contributed by atoms with Crippen LogP contribution in [0.3, 0.4) is 0 Å². The van der Waals surface area contributed by atoms with Gasteiger partial charge in [0, 0.05) is 30.9 Å². The maximum absolute atomic E-state index is 3.98. The van der Waals surface area contributed by atoms with E-state index in [4.69, 9.17) is 0 Å². The highest BCUT2D eigenvalue weighted by atomic mass is 15.1. The summed E-state index contributed by atoms with van der Waals surface area (Å²) >= 11 is 0. The van der Waals surface area contributed by atoms with Gasteiger partial charge in [0.15, 0.2) is 0 Å². The summed E-state index contributed by atoms with van der Waals surface area (Å²) in [5, 5.41) is 10.4. The van der Waals surface area contributed by atoms with Gasteiger partial charge in [0.05, 0.1) is 0 Å². The third-order valence-corrected chi connectivity index (χ3v) is 2.77. The summed E-state index contributed by atoms with van der Waals surface area (Å²) in [5.41, 5.74) is 1.61. The molecule has 0 unspecified atom stereocenters. The average molecular weight is 165 g/mol. The van der Waals surface area contributed by atoms with Crippen molar-refractivity contribution in [3.05, 3.63) is 18.0 Å². The lowest BCUT2D eigenvalue weighted by atomic mass is 9.80. The van der Waals surface area contributed by atoms with E-state index in [1.165, 1.54) is 5.69 Å². The van der Waals surface area contributed by atoms with Crippen molar-refractivity contribution in [2.24, 2.45) is 5.41 Å². The van der Waals surface area contributed by atoms with Crippen LogP contribution in [0.2, 0.25) is 0 Å². The lowest BCUT2D eigenvalue weighted by Crippen LogP contribution is -2.20. The van der Waals surface area contributed by atoms with Gasteiger partial charge in [-0.15, -0.1) is 0 Å². The van der Waals surface area contributed by atoms with Gasteiger partial charge in [-0.3, -0.25) is 5.10 Å². The summed E-state index contributed by atoms with van der Waals surface area (Å²) in [6, 6.07) is 2.07. The van der Waals surface area contributed by atoms with Gasteiger partial charge in [0.1, 0.15) is 0 Å². The summed E-state index contributed by atoms with van der Waals surface area (Å²) in [6.45, 7) is 6.74. The number of aromatic amines is 1. The molecule has 1 fully saturated rings. The Hall–Kier alpha value is -0.830. The molecule has 0 aromatic carbocycles. The van der Waals surface area contributed by atoms with Gasteiger partial charge in [-0.25, -0.2) is 0 Å². The van der Waals surface area contributed by atoms with E-state index in [0.717, 1.165) is 13.1 Å². The third-order valence-electron chi connectivity index (χ3n) is 2.77. The third kappa shape index (κ3) is 1.14. The lowest BCUT2D eigenvalue weighted by molar-refractivity contribution is 0.357. The molecule has 1 aliphatic heterocycles. The molecule has 0 bridgehead atoms. The summed E-state index contributed by atoms with van der Waals surface area (Å²) in [4.78, 5) is 0. The van der Waals surface area contributed by atoms with Crippen LogP contribution < -0.4 is 5.32 Å². The minimum atomic E-state index is 0.354. The molecule has 3 heteroatoms. The molecular weight excluding hydrogens is 150 g/mol. The number of hydrogen-bond donors (Lipinski definition) is 2. The molecule has 1 atom stereocenters. The van der Waals surface area contributed by atoms with Crippen LogP contribution in [0.1, 0.15) is 25.5 Å². The average Bonchev–Trinajstić information content (AvgIpc) is 2.55. The molecule has 2 N–H and O–H groups in total. The fourth-order valence-electron chi connectivity index (χ4n) is 1.93. The Morgan fingerprint density at radius 2 is 2.42 bits per heavy atom. The van der Waals surface area contributed by atoms with Gasteiger partial charge in [-0.2, -0.15) is 5.10 Å². The maximum atomic E-state index is 3.98. The largest absolute Gasteiger partial charge is 0.315 e. The molecule has 1 aromatic heterocycles. The minimum absolute atomic E-state index is 0.354. The molecule has 0 saturated carbocycles. The van der Waals surface area contributed by atoms with Crippen molar-refractivity contribution < 1.29 is 0 Å². The standard InChI is InChI=1S/C9H15N3/c1-9(2)6-10-5-7(9)8-3-4-11-12-8/h3-4,7,10H,5-6H2,1-2H3,(H,11,12)/t7-/m1/s1. The van der Waals surface area contributed by atoms with Crippen LogP contribution in [0, 0.1) is 5.41 Å². The molecule has 0 spiro atoms. The number of nitrogens with zero attached hydrogens (tertiary/aromatic N) is 1. The normalized spacial score (nSPS) is 27.7. The Morgan fingerprint density at radius 1 is 1.58 bits per heavy atom. The first-order valence-electron chi connectivity index (χ1n) is 4.40. The van der Waals surface area contributed by atoms with Gasteiger partial charge in [-0.05, 0) is 11.5 Å². The number of hydrogen-bond acceptors (Lipinski definition) is 2. The van der Waals surface area contributed by atoms with Crippen molar-refractivity contribution in [3.8, 4) is 0 Å². The summed E-state index contributed by atoms with van der Waals surface area (Å²) in [7, 11) is 0. The zero-order valence-electron chi connectivity index (χ0n) is 7.59. The minimum Gasteiger partial charge on any atom is -0.315 e. The fourth-order valence-corrected chi connectivity index (χ4v) is 1.93. The summed E-state index contributed by atoms with van der Waals surface area (Å²) in [6.07, 6.45) is 1.82. The van der Waals surface area contributed by atoms with Gasteiger partial charge in [0.25, 0.3) is 0 Å². The zero-order chi connectivity index (χ0) is 8.60. The second-order valence-electron chi connectivity index (χ2n) is 4.18.